The zero-order valence-corrected chi connectivity index (χ0v) is 8.64. The molecule has 1 saturated carbocycles. The zero-order chi connectivity index (χ0) is 9.24. The van der Waals surface area contributed by atoms with Gasteiger partial charge in [0, 0.05) is 6.16 Å². The molecule has 0 radical (unpaired) electrons. The molecule has 12 heavy (non-hydrogen) atoms. The molecule has 0 spiro atoms. The van der Waals surface area contributed by atoms with Crippen molar-refractivity contribution in [2.24, 2.45) is 0 Å². The van der Waals surface area contributed by atoms with Crippen LogP contribution in [0.4, 0.5) is 0 Å². The number of hydrogen-bond acceptors (Lipinski definition) is 2. The Bertz CT molecular complexity index is 196. The van der Waals surface area contributed by atoms with Crippen LogP contribution in [-0.4, -0.2) is 16.7 Å². The molecule has 0 aromatic rings. The van der Waals surface area contributed by atoms with Gasteiger partial charge in [-0.3, -0.25) is 4.57 Å². The van der Waals surface area contributed by atoms with E-state index in [-0.39, 0.29) is 11.8 Å². The third-order valence-corrected chi connectivity index (χ3v) is 3.95. The number of rotatable bonds is 3. The maximum absolute atomic E-state index is 11.3. The summed E-state index contributed by atoms with van der Waals surface area (Å²) in [5.41, 5.74) is -0.333. The van der Waals surface area contributed by atoms with Crippen LogP contribution in [0, 0.1) is 0 Å². The molecule has 1 atom stereocenters. The zero-order valence-electron chi connectivity index (χ0n) is 7.75. The summed E-state index contributed by atoms with van der Waals surface area (Å²) in [5.74, 6) is 0. The quantitative estimate of drug-likeness (QED) is 0.699. The van der Waals surface area contributed by atoms with E-state index < -0.39 is 7.60 Å². The lowest BCUT2D eigenvalue weighted by molar-refractivity contribution is 0.0814. The van der Waals surface area contributed by atoms with Crippen molar-refractivity contribution in [3.05, 3.63) is 0 Å². The first-order chi connectivity index (χ1) is 5.47. The Morgan fingerprint density at radius 1 is 1.50 bits per heavy atom. The second-order valence-corrected chi connectivity index (χ2v) is 5.79. The van der Waals surface area contributed by atoms with Gasteiger partial charge in [0.2, 0.25) is 0 Å². The highest BCUT2D eigenvalue weighted by Crippen LogP contribution is 2.50. The van der Waals surface area contributed by atoms with Gasteiger partial charge in [0.1, 0.15) is 0 Å². The van der Waals surface area contributed by atoms with E-state index in [0.717, 1.165) is 25.7 Å². The van der Waals surface area contributed by atoms with Gasteiger partial charge >= 0.3 is 7.60 Å². The Labute approximate surface area is 73.7 Å². The topological polar surface area (TPSA) is 46.5 Å². The summed E-state index contributed by atoms with van der Waals surface area (Å²) in [6.45, 7) is 3.61. The molecule has 0 heterocycles. The first kappa shape index (κ1) is 10.2. The first-order valence-corrected chi connectivity index (χ1v) is 6.26. The fourth-order valence-corrected chi connectivity index (χ4v) is 2.62. The van der Waals surface area contributed by atoms with Crippen molar-refractivity contribution in [3.8, 4) is 0 Å². The van der Waals surface area contributed by atoms with Gasteiger partial charge in [0.15, 0.2) is 0 Å². The van der Waals surface area contributed by atoms with Crippen LogP contribution in [0.3, 0.4) is 0 Å². The molecule has 0 aliphatic heterocycles. The molecule has 1 fully saturated rings. The molecule has 4 heteroatoms. The highest BCUT2D eigenvalue weighted by Gasteiger charge is 2.35. The van der Waals surface area contributed by atoms with Crippen LogP contribution in [0.2, 0.25) is 0 Å². The van der Waals surface area contributed by atoms with E-state index in [9.17, 15) is 9.46 Å². The normalized spacial score (nSPS) is 26.9. The van der Waals surface area contributed by atoms with Crippen LogP contribution >= 0.6 is 7.60 Å². The van der Waals surface area contributed by atoms with E-state index in [2.05, 4.69) is 0 Å². The van der Waals surface area contributed by atoms with Crippen LogP contribution in [-0.2, 0) is 9.09 Å². The molecule has 1 aliphatic carbocycles. The van der Waals surface area contributed by atoms with Crippen molar-refractivity contribution in [3.63, 3.8) is 0 Å². The molecule has 3 nitrogen and oxygen atoms in total. The minimum atomic E-state index is -3.29. The molecule has 1 rings (SSSR count). The number of hydrogen-bond donors (Lipinski definition) is 1. The van der Waals surface area contributed by atoms with Gasteiger partial charge in [0.25, 0.3) is 0 Å². The Hall–Kier alpha value is 0.150. The monoisotopic (exact) mass is 192 g/mol. The van der Waals surface area contributed by atoms with Crippen molar-refractivity contribution in [1.29, 1.82) is 0 Å². The fourth-order valence-electron chi connectivity index (χ4n) is 1.62. The summed E-state index contributed by atoms with van der Waals surface area (Å²) >= 11 is 0. The molecule has 72 valence electrons. The highest BCUT2D eigenvalue weighted by molar-refractivity contribution is 7.52. The van der Waals surface area contributed by atoms with Gasteiger partial charge in [-0.05, 0) is 19.8 Å². The summed E-state index contributed by atoms with van der Waals surface area (Å²) in [7, 11) is -3.29. The molecule has 1 unspecified atom stereocenters. The summed E-state index contributed by atoms with van der Waals surface area (Å²) < 4.78 is 16.5. The van der Waals surface area contributed by atoms with Crippen molar-refractivity contribution in [2.45, 2.75) is 45.1 Å². The Balaban J connectivity index is 2.54. The van der Waals surface area contributed by atoms with Crippen LogP contribution in [0.5, 0.6) is 0 Å². The van der Waals surface area contributed by atoms with E-state index in [1.165, 1.54) is 0 Å². The van der Waals surface area contributed by atoms with E-state index in [1.54, 1.807) is 6.92 Å². The van der Waals surface area contributed by atoms with Gasteiger partial charge in [-0.15, -0.1) is 0 Å². The molecule has 0 saturated heterocycles. The first-order valence-electron chi connectivity index (χ1n) is 4.50. The summed E-state index contributed by atoms with van der Waals surface area (Å²) in [4.78, 5) is 9.28. The lowest BCUT2D eigenvalue weighted by Crippen LogP contribution is -2.23. The molecule has 0 amide bonds. The van der Waals surface area contributed by atoms with Crippen LogP contribution in [0.25, 0.3) is 0 Å². The lowest BCUT2D eigenvalue weighted by atomic mass is 10.1. The maximum Gasteiger partial charge on any atom is 0.328 e. The van der Waals surface area contributed by atoms with Crippen LogP contribution in [0.15, 0.2) is 0 Å². The Kier molecular flexibility index (Phi) is 2.97. The second kappa shape index (κ2) is 3.49. The highest BCUT2D eigenvalue weighted by atomic mass is 31.2. The summed E-state index contributed by atoms with van der Waals surface area (Å²) in [6, 6.07) is 0. The molecule has 0 bridgehead atoms. The van der Waals surface area contributed by atoms with E-state index in [0.29, 0.717) is 0 Å². The lowest BCUT2D eigenvalue weighted by Gasteiger charge is -2.26. The minimum absolute atomic E-state index is 0.211. The van der Waals surface area contributed by atoms with Gasteiger partial charge in [-0.1, -0.05) is 19.8 Å². The Morgan fingerprint density at radius 2 is 2.00 bits per heavy atom. The van der Waals surface area contributed by atoms with E-state index in [1.807, 2.05) is 6.92 Å². The SMILES string of the molecule is CCP(=O)(O)OC1(C)CCCC1. The average Bonchev–Trinajstić information content (AvgIpc) is 2.35. The summed E-state index contributed by atoms with van der Waals surface area (Å²) in [6.07, 6.45) is 4.26. The van der Waals surface area contributed by atoms with Crippen molar-refractivity contribution in [2.75, 3.05) is 6.16 Å². The molecule has 1 N–H and O–H groups in total. The van der Waals surface area contributed by atoms with Crippen molar-refractivity contribution < 1.29 is 14.0 Å². The molecular formula is C8H17O3P. The predicted octanol–water partition coefficient (Wildman–Crippen LogP) is 2.54. The maximum atomic E-state index is 11.3. The standard InChI is InChI=1S/C8H17O3P/c1-3-12(9,10)11-8(2)6-4-5-7-8/h3-7H2,1-2H3,(H,9,10). The van der Waals surface area contributed by atoms with Crippen molar-refractivity contribution in [1.82, 2.24) is 0 Å². The van der Waals surface area contributed by atoms with Gasteiger partial charge < -0.3 is 9.42 Å². The second-order valence-electron chi connectivity index (χ2n) is 3.70. The Morgan fingerprint density at radius 3 is 2.42 bits per heavy atom. The molecule has 1 aliphatic rings. The van der Waals surface area contributed by atoms with Gasteiger partial charge in [-0.2, -0.15) is 0 Å². The van der Waals surface area contributed by atoms with Gasteiger partial charge in [-0.25, -0.2) is 0 Å². The minimum Gasteiger partial charge on any atom is -0.324 e. The van der Waals surface area contributed by atoms with Crippen molar-refractivity contribution >= 4 is 7.60 Å². The average molecular weight is 192 g/mol. The molecular weight excluding hydrogens is 175 g/mol. The summed E-state index contributed by atoms with van der Waals surface area (Å²) in [5, 5.41) is 0. The largest absolute Gasteiger partial charge is 0.328 e. The van der Waals surface area contributed by atoms with Gasteiger partial charge in [0.05, 0.1) is 5.60 Å². The van der Waals surface area contributed by atoms with E-state index >= 15 is 0 Å². The molecule has 0 aromatic heterocycles. The predicted molar refractivity (Wildman–Crippen MR) is 48.3 cm³/mol. The third kappa shape index (κ3) is 2.58. The third-order valence-electron chi connectivity index (χ3n) is 2.42. The van der Waals surface area contributed by atoms with Crippen LogP contribution in [0.1, 0.15) is 39.5 Å². The fraction of sp³-hybridized carbons (Fsp3) is 1.00. The van der Waals surface area contributed by atoms with E-state index in [4.69, 9.17) is 4.52 Å². The smallest absolute Gasteiger partial charge is 0.324 e. The molecule has 0 aromatic carbocycles. The van der Waals surface area contributed by atoms with Crippen LogP contribution < -0.4 is 0 Å².